The minimum Gasteiger partial charge on any atom is -0.481 e. The van der Waals surface area contributed by atoms with E-state index in [0.717, 1.165) is 16.7 Å². The molecule has 3 aromatic rings. The molecule has 0 spiro atoms. The van der Waals surface area contributed by atoms with Gasteiger partial charge in [0.1, 0.15) is 5.41 Å². The summed E-state index contributed by atoms with van der Waals surface area (Å²) in [6.45, 7) is 2.23. The predicted molar refractivity (Wildman–Crippen MR) is 109 cm³/mol. The average Bonchev–Trinajstić information content (AvgIpc) is 2.73. The SMILES string of the molecule is CCOC(=N)CC(=O)C12c3ccccc3C(c3ccccc31)c1ccccc12. The van der Waals surface area contributed by atoms with Crippen LogP contribution < -0.4 is 0 Å². The molecule has 0 amide bonds. The van der Waals surface area contributed by atoms with E-state index in [1.807, 2.05) is 43.3 Å². The van der Waals surface area contributed by atoms with E-state index in [2.05, 4.69) is 36.4 Å². The fraction of sp³-hybridized carbons (Fsp3) is 0.200. The van der Waals surface area contributed by atoms with Crippen LogP contribution in [-0.2, 0) is 14.9 Å². The second kappa shape index (κ2) is 6.16. The number of carbonyl (C=O) groups excluding carboxylic acids is 1. The van der Waals surface area contributed by atoms with Gasteiger partial charge in [-0.3, -0.25) is 10.2 Å². The number of Topliss-reactive ketones (excluding diaryl/α,β-unsaturated/α-hetero) is 1. The number of hydrogen-bond donors (Lipinski definition) is 1. The van der Waals surface area contributed by atoms with Gasteiger partial charge in [0.15, 0.2) is 11.7 Å². The molecule has 0 radical (unpaired) electrons. The molecule has 6 rings (SSSR count). The zero-order valence-electron chi connectivity index (χ0n) is 15.7. The minimum atomic E-state index is -0.887. The van der Waals surface area contributed by atoms with Crippen LogP contribution in [0.5, 0.6) is 0 Å². The quantitative estimate of drug-likeness (QED) is 0.532. The van der Waals surface area contributed by atoms with Gasteiger partial charge in [-0.1, -0.05) is 72.8 Å². The Labute approximate surface area is 164 Å². The van der Waals surface area contributed by atoms with Crippen molar-refractivity contribution in [3.63, 3.8) is 0 Å². The van der Waals surface area contributed by atoms with Crippen LogP contribution in [0.4, 0.5) is 0 Å². The smallest absolute Gasteiger partial charge is 0.187 e. The third kappa shape index (κ3) is 2.04. The first-order chi connectivity index (χ1) is 13.7. The Morgan fingerprint density at radius 3 is 1.71 bits per heavy atom. The third-order valence-electron chi connectivity index (χ3n) is 6.09. The van der Waals surface area contributed by atoms with Crippen LogP contribution in [-0.4, -0.2) is 18.3 Å². The second-order valence-electron chi connectivity index (χ2n) is 7.40. The van der Waals surface area contributed by atoms with Crippen LogP contribution in [0.3, 0.4) is 0 Å². The van der Waals surface area contributed by atoms with E-state index in [9.17, 15) is 4.79 Å². The molecule has 1 N–H and O–H groups in total. The van der Waals surface area contributed by atoms with E-state index in [-0.39, 0.29) is 24.0 Å². The van der Waals surface area contributed by atoms with Crippen LogP contribution >= 0.6 is 0 Å². The van der Waals surface area contributed by atoms with Gasteiger partial charge in [0.05, 0.1) is 13.0 Å². The molecule has 3 aromatic carbocycles. The van der Waals surface area contributed by atoms with Gasteiger partial charge < -0.3 is 4.74 Å². The van der Waals surface area contributed by atoms with Gasteiger partial charge in [0.2, 0.25) is 0 Å². The first kappa shape index (κ1) is 16.9. The molecule has 0 atom stereocenters. The highest BCUT2D eigenvalue weighted by molar-refractivity contribution is 6.09. The number of carbonyl (C=O) groups is 1. The Morgan fingerprint density at radius 2 is 1.29 bits per heavy atom. The maximum Gasteiger partial charge on any atom is 0.187 e. The van der Waals surface area contributed by atoms with E-state index in [4.69, 9.17) is 10.1 Å². The standard InChI is InChI=1S/C25H21NO2/c1-2-28-23(26)15-22(27)25-19-12-6-3-9-16(19)24(17-10-4-7-13-20(17)25)18-11-5-8-14-21(18)25/h3-14,24,26H,2,15H2,1H3. The van der Waals surface area contributed by atoms with Gasteiger partial charge >= 0.3 is 0 Å². The van der Waals surface area contributed by atoms with Crippen LogP contribution in [0.1, 0.15) is 52.6 Å². The molecule has 3 nitrogen and oxygen atoms in total. The second-order valence-corrected chi connectivity index (χ2v) is 7.40. The van der Waals surface area contributed by atoms with E-state index >= 15 is 0 Å². The monoisotopic (exact) mass is 367 g/mol. The Kier molecular flexibility index (Phi) is 3.73. The average molecular weight is 367 g/mol. The summed E-state index contributed by atoms with van der Waals surface area (Å²) in [5.41, 5.74) is 5.83. The normalized spacial score (nSPS) is 20.7. The molecule has 0 aliphatic heterocycles. The molecular formula is C25H21NO2. The zero-order valence-corrected chi connectivity index (χ0v) is 15.7. The number of ether oxygens (including phenoxy) is 1. The zero-order chi connectivity index (χ0) is 19.3. The van der Waals surface area contributed by atoms with Gasteiger partial charge in [0, 0.05) is 5.92 Å². The molecule has 0 unspecified atom stereocenters. The van der Waals surface area contributed by atoms with Crippen LogP contribution in [0.25, 0.3) is 0 Å². The van der Waals surface area contributed by atoms with E-state index in [0.29, 0.717) is 6.61 Å². The minimum absolute atomic E-state index is 0.00329. The number of ketones is 1. The van der Waals surface area contributed by atoms with Crippen molar-refractivity contribution in [1.82, 2.24) is 0 Å². The summed E-state index contributed by atoms with van der Waals surface area (Å²) < 4.78 is 5.33. The van der Waals surface area contributed by atoms with Gasteiger partial charge in [-0.05, 0) is 40.3 Å². The van der Waals surface area contributed by atoms with Crippen molar-refractivity contribution in [3.8, 4) is 0 Å². The highest BCUT2D eigenvalue weighted by Gasteiger charge is 2.55. The lowest BCUT2D eigenvalue weighted by molar-refractivity contribution is -0.121. The molecule has 0 fully saturated rings. The Balaban J connectivity index is 1.84. The molecule has 0 saturated heterocycles. The van der Waals surface area contributed by atoms with Crippen LogP contribution in [0.2, 0.25) is 0 Å². The molecule has 3 heteroatoms. The predicted octanol–water partition coefficient (Wildman–Crippen LogP) is 4.80. The number of benzene rings is 3. The van der Waals surface area contributed by atoms with Gasteiger partial charge in [-0.2, -0.15) is 0 Å². The molecule has 138 valence electrons. The van der Waals surface area contributed by atoms with Gasteiger partial charge in [-0.25, -0.2) is 0 Å². The largest absolute Gasteiger partial charge is 0.481 e. The van der Waals surface area contributed by atoms with Crippen molar-refractivity contribution in [1.29, 1.82) is 5.41 Å². The highest BCUT2D eigenvalue weighted by atomic mass is 16.5. The molecular weight excluding hydrogens is 346 g/mol. The molecule has 0 heterocycles. The molecule has 2 bridgehead atoms. The molecule has 0 saturated carbocycles. The van der Waals surface area contributed by atoms with E-state index in [1.54, 1.807) is 0 Å². The third-order valence-corrected chi connectivity index (χ3v) is 6.09. The van der Waals surface area contributed by atoms with Crippen molar-refractivity contribution in [3.05, 3.63) is 106 Å². The summed E-state index contributed by atoms with van der Waals surface area (Å²) >= 11 is 0. The topological polar surface area (TPSA) is 50.1 Å². The first-order valence-corrected chi connectivity index (χ1v) is 9.71. The summed E-state index contributed by atoms with van der Waals surface area (Å²) in [4.78, 5) is 13.9. The lowest BCUT2D eigenvalue weighted by atomic mass is 9.51. The van der Waals surface area contributed by atoms with Crippen molar-refractivity contribution in [2.24, 2.45) is 0 Å². The van der Waals surface area contributed by atoms with Crippen molar-refractivity contribution in [2.75, 3.05) is 6.61 Å². The number of nitrogens with one attached hydrogen (secondary N) is 1. The van der Waals surface area contributed by atoms with Crippen molar-refractivity contribution < 1.29 is 9.53 Å². The lowest BCUT2D eigenvalue weighted by Gasteiger charge is -2.49. The molecule has 3 aliphatic rings. The maximum absolute atomic E-state index is 13.9. The molecule has 0 aromatic heterocycles. The van der Waals surface area contributed by atoms with Gasteiger partial charge in [-0.15, -0.1) is 0 Å². The fourth-order valence-corrected chi connectivity index (χ4v) is 5.16. The van der Waals surface area contributed by atoms with Crippen LogP contribution in [0.15, 0.2) is 72.8 Å². The summed E-state index contributed by atoms with van der Waals surface area (Å²) in [6.07, 6.45) is -0.0183. The fourth-order valence-electron chi connectivity index (χ4n) is 5.16. The first-order valence-electron chi connectivity index (χ1n) is 9.71. The van der Waals surface area contributed by atoms with E-state index in [1.165, 1.54) is 16.7 Å². The van der Waals surface area contributed by atoms with E-state index < -0.39 is 5.41 Å². The Hall–Kier alpha value is -3.20. The number of hydrogen-bond acceptors (Lipinski definition) is 3. The van der Waals surface area contributed by atoms with Gasteiger partial charge in [0.25, 0.3) is 0 Å². The summed E-state index contributed by atoms with van der Waals surface area (Å²) in [5, 5.41) is 8.12. The Morgan fingerprint density at radius 1 is 0.857 bits per heavy atom. The van der Waals surface area contributed by atoms with Crippen molar-refractivity contribution >= 4 is 11.7 Å². The highest BCUT2D eigenvalue weighted by Crippen LogP contribution is 2.59. The Bertz CT molecular complexity index is 999. The summed E-state index contributed by atoms with van der Waals surface area (Å²) in [6, 6.07) is 24.8. The molecule has 28 heavy (non-hydrogen) atoms. The molecule has 3 aliphatic carbocycles. The number of rotatable bonds is 4. The van der Waals surface area contributed by atoms with Crippen molar-refractivity contribution in [2.45, 2.75) is 24.7 Å². The summed E-state index contributed by atoms with van der Waals surface area (Å²) in [7, 11) is 0. The lowest BCUT2D eigenvalue weighted by Crippen LogP contribution is -2.48. The van der Waals surface area contributed by atoms with Crippen LogP contribution in [0, 0.1) is 5.41 Å². The maximum atomic E-state index is 13.9. The summed E-state index contributed by atoms with van der Waals surface area (Å²) in [5.74, 6) is 0.170.